The molecule has 1 amide bonds. The van der Waals surface area contributed by atoms with E-state index in [-0.39, 0.29) is 5.91 Å². The number of anilines is 2. The molecule has 1 aliphatic rings. The SMILES string of the molecule is CN1CCN(c2ccc(NC(=O)c3sccc3Cl)cc2)CC1. The normalized spacial score (nSPS) is 15.8. The zero-order valence-corrected chi connectivity index (χ0v) is 14.0. The van der Waals surface area contributed by atoms with Gasteiger partial charge < -0.3 is 15.1 Å². The van der Waals surface area contributed by atoms with Crippen LogP contribution in [0.4, 0.5) is 11.4 Å². The first-order valence-corrected chi connectivity index (χ1v) is 8.47. The van der Waals surface area contributed by atoms with Gasteiger partial charge in [-0.25, -0.2) is 0 Å². The fourth-order valence-corrected chi connectivity index (χ4v) is 3.50. The maximum atomic E-state index is 12.1. The van der Waals surface area contributed by atoms with E-state index in [2.05, 4.69) is 34.3 Å². The summed E-state index contributed by atoms with van der Waals surface area (Å²) in [5.41, 5.74) is 1.98. The number of amides is 1. The summed E-state index contributed by atoms with van der Waals surface area (Å²) in [6.45, 7) is 4.23. The highest BCUT2D eigenvalue weighted by Crippen LogP contribution is 2.24. The summed E-state index contributed by atoms with van der Waals surface area (Å²) in [6.07, 6.45) is 0. The van der Waals surface area contributed by atoms with Crippen molar-refractivity contribution in [3.8, 4) is 0 Å². The molecule has 0 aliphatic carbocycles. The first-order chi connectivity index (χ1) is 10.6. The van der Waals surface area contributed by atoms with Crippen molar-refractivity contribution in [2.24, 2.45) is 0 Å². The lowest BCUT2D eigenvalue weighted by Crippen LogP contribution is -2.44. The largest absolute Gasteiger partial charge is 0.369 e. The van der Waals surface area contributed by atoms with E-state index >= 15 is 0 Å². The Morgan fingerprint density at radius 3 is 2.41 bits per heavy atom. The van der Waals surface area contributed by atoms with Crippen molar-refractivity contribution in [3.63, 3.8) is 0 Å². The number of carbonyl (C=O) groups is 1. The lowest BCUT2D eigenvalue weighted by atomic mass is 10.2. The van der Waals surface area contributed by atoms with Gasteiger partial charge in [0.2, 0.25) is 0 Å². The molecule has 2 heterocycles. The molecule has 0 atom stereocenters. The van der Waals surface area contributed by atoms with Crippen LogP contribution in [-0.4, -0.2) is 44.0 Å². The van der Waals surface area contributed by atoms with Crippen molar-refractivity contribution in [2.75, 3.05) is 43.4 Å². The zero-order valence-electron chi connectivity index (χ0n) is 12.4. The van der Waals surface area contributed by atoms with Gasteiger partial charge in [0, 0.05) is 37.6 Å². The lowest BCUT2D eigenvalue weighted by Gasteiger charge is -2.34. The summed E-state index contributed by atoms with van der Waals surface area (Å²) < 4.78 is 0. The molecule has 3 rings (SSSR count). The van der Waals surface area contributed by atoms with E-state index < -0.39 is 0 Å². The number of likely N-dealkylation sites (N-methyl/N-ethyl adjacent to an activating group) is 1. The number of benzene rings is 1. The predicted molar refractivity (Wildman–Crippen MR) is 93.4 cm³/mol. The molecule has 0 saturated carbocycles. The molecule has 0 unspecified atom stereocenters. The summed E-state index contributed by atoms with van der Waals surface area (Å²) in [5, 5.41) is 5.19. The van der Waals surface area contributed by atoms with Gasteiger partial charge in [0.05, 0.1) is 5.02 Å². The van der Waals surface area contributed by atoms with Crippen LogP contribution in [0.25, 0.3) is 0 Å². The molecule has 6 heteroatoms. The Balaban J connectivity index is 1.64. The van der Waals surface area contributed by atoms with Crippen LogP contribution in [0.15, 0.2) is 35.7 Å². The second-order valence-corrected chi connectivity index (χ2v) is 6.71. The maximum Gasteiger partial charge on any atom is 0.267 e. The maximum absolute atomic E-state index is 12.1. The minimum atomic E-state index is -0.160. The number of piperazine rings is 1. The third kappa shape index (κ3) is 3.43. The molecule has 1 saturated heterocycles. The predicted octanol–water partition coefficient (Wildman–Crippen LogP) is 3.41. The molecule has 1 N–H and O–H groups in total. The Morgan fingerprint density at radius 1 is 1.14 bits per heavy atom. The molecular formula is C16H18ClN3OS. The highest BCUT2D eigenvalue weighted by Gasteiger charge is 2.15. The van der Waals surface area contributed by atoms with Crippen molar-refractivity contribution >= 4 is 40.2 Å². The smallest absolute Gasteiger partial charge is 0.267 e. The fraction of sp³-hybridized carbons (Fsp3) is 0.312. The molecule has 0 radical (unpaired) electrons. The van der Waals surface area contributed by atoms with Gasteiger partial charge in [-0.05, 0) is 42.8 Å². The van der Waals surface area contributed by atoms with Crippen molar-refractivity contribution in [1.29, 1.82) is 0 Å². The van der Waals surface area contributed by atoms with Gasteiger partial charge in [-0.15, -0.1) is 11.3 Å². The quantitative estimate of drug-likeness (QED) is 0.933. The van der Waals surface area contributed by atoms with Crippen LogP contribution in [0, 0.1) is 0 Å². The second kappa shape index (κ2) is 6.69. The Morgan fingerprint density at radius 2 is 1.82 bits per heavy atom. The Bertz CT molecular complexity index is 648. The average molecular weight is 336 g/mol. The number of hydrogen-bond donors (Lipinski definition) is 1. The van der Waals surface area contributed by atoms with E-state index in [0.717, 1.165) is 31.9 Å². The summed E-state index contributed by atoms with van der Waals surface area (Å²) in [5.74, 6) is -0.160. The monoisotopic (exact) mass is 335 g/mol. The first-order valence-electron chi connectivity index (χ1n) is 7.21. The van der Waals surface area contributed by atoms with E-state index in [9.17, 15) is 4.79 Å². The molecule has 1 aliphatic heterocycles. The standard InChI is InChI=1S/C16H18ClN3OS/c1-19-7-9-20(10-8-19)13-4-2-12(3-5-13)18-16(21)15-14(17)6-11-22-15/h2-6,11H,7-10H2,1H3,(H,18,21). The van der Waals surface area contributed by atoms with Crippen LogP contribution in [0.3, 0.4) is 0 Å². The van der Waals surface area contributed by atoms with E-state index in [0.29, 0.717) is 9.90 Å². The van der Waals surface area contributed by atoms with Crippen molar-refractivity contribution in [2.45, 2.75) is 0 Å². The van der Waals surface area contributed by atoms with Crippen LogP contribution in [0.5, 0.6) is 0 Å². The molecule has 22 heavy (non-hydrogen) atoms. The van der Waals surface area contributed by atoms with Gasteiger partial charge in [0.25, 0.3) is 5.91 Å². The number of hydrogen-bond acceptors (Lipinski definition) is 4. The average Bonchev–Trinajstić information content (AvgIpc) is 2.95. The van der Waals surface area contributed by atoms with Crippen LogP contribution in [-0.2, 0) is 0 Å². The number of rotatable bonds is 3. The van der Waals surface area contributed by atoms with Gasteiger partial charge in [-0.1, -0.05) is 11.6 Å². The van der Waals surface area contributed by atoms with E-state index in [4.69, 9.17) is 11.6 Å². The third-order valence-electron chi connectivity index (χ3n) is 3.82. The molecular weight excluding hydrogens is 318 g/mol. The minimum absolute atomic E-state index is 0.160. The first kappa shape index (κ1) is 15.3. The highest BCUT2D eigenvalue weighted by atomic mass is 35.5. The summed E-state index contributed by atoms with van der Waals surface area (Å²) in [6, 6.07) is 9.71. The van der Waals surface area contributed by atoms with E-state index in [1.165, 1.54) is 17.0 Å². The number of thiophene rings is 1. The highest BCUT2D eigenvalue weighted by molar-refractivity contribution is 7.12. The van der Waals surface area contributed by atoms with Crippen molar-refractivity contribution in [3.05, 3.63) is 45.6 Å². The molecule has 2 aromatic rings. The molecule has 1 fully saturated rings. The number of halogens is 1. The second-order valence-electron chi connectivity index (χ2n) is 5.39. The van der Waals surface area contributed by atoms with Gasteiger partial charge >= 0.3 is 0 Å². The fourth-order valence-electron chi connectivity index (χ4n) is 2.46. The van der Waals surface area contributed by atoms with Crippen LogP contribution in [0.2, 0.25) is 5.02 Å². The summed E-state index contributed by atoms with van der Waals surface area (Å²) >= 11 is 7.32. The summed E-state index contributed by atoms with van der Waals surface area (Å²) in [4.78, 5) is 17.4. The third-order valence-corrected chi connectivity index (χ3v) is 5.16. The van der Waals surface area contributed by atoms with Crippen molar-refractivity contribution in [1.82, 2.24) is 4.90 Å². The molecule has 116 valence electrons. The zero-order chi connectivity index (χ0) is 15.5. The van der Waals surface area contributed by atoms with Gasteiger partial charge in [-0.2, -0.15) is 0 Å². The Kier molecular flexibility index (Phi) is 4.66. The Labute approximate surface area is 139 Å². The number of nitrogens with zero attached hydrogens (tertiary/aromatic N) is 2. The van der Waals surface area contributed by atoms with Crippen molar-refractivity contribution < 1.29 is 4.79 Å². The number of nitrogens with one attached hydrogen (secondary N) is 1. The van der Waals surface area contributed by atoms with Gasteiger partial charge in [0.15, 0.2) is 0 Å². The molecule has 1 aromatic heterocycles. The van der Waals surface area contributed by atoms with Crippen LogP contribution < -0.4 is 10.2 Å². The van der Waals surface area contributed by atoms with Gasteiger partial charge in [-0.3, -0.25) is 4.79 Å². The van der Waals surface area contributed by atoms with E-state index in [1.54, 1.807) is 6.07 Å². The Hall–Kier alpha value is -1.56. The van der Waals surface area contributed by atoms with Crippen LogP contribution in [0.1, 0.15) is 9.67 Å². The lowest BCUT2D eigenvalue weighted by molar-refractivity contribution is 0.103. The molecule has 0 bridgehead atoms. The number of carbonyl (C=O) groups excluding carboxylic acids is 1. The molecule has 4 nitrogen and oxygen atoms in total. The van der Waals surface area contributed by atoms with Crippen LogP contribution >= 0.6 is 22.9 Å². The van der Waals surface area contributed by atoms with Gasteiger partial charge in [0.1, 0.15) is 4.88 Å². The van der Waals surface area contributed by atoms with E-state index in [1.807, 2.05) is 17.5 Å². The molecule has 0 spiro atoms. The molecule has 1 aromatic carbocycles. The topological polar surface area (TPSA) is 35.6 Å². The summed E-state index contributed by atoms with van der Waals surface area (Å²) in [7, 11) is 2.14. The minimum Gasteiger partial charge on any atom is -0.369 e.